The fourth-order valence-electron chi connectivity index (χ4n) is 2.83. The van der Waals surface area contributed by atoms with Crippen molar-refractivity contribution in [1.29, 1.82) is 0 Å². The van der Waals surface area contributed by atoms with E-state index in [-0.39, 0.29) is 12.2 Å². The van der Waals surface area contributed by atoms with Gasteiger partial charge in [0.25, 0.3) is 0 Å². The van der Waals surface area contributed by atoms with Crippen LogP contribution < -0.4 is 5.32 Å². The predicted molar refractivity (Wildman–Crippen MR) is 103 cm³/mol. The first-order valence-electron chi connectivity index (χ1n) is 9.26. The van der Waals surface area contributed by atoms with E-state index in [9.17, 15) is 9.59 Å². The Morgan fingerprint density at radius 2 is 1.85 bits per heavy atom. The van der Waals surface area contributed by atoms with Gasteiger partial charge in [0.1, 0.15) is 12.2 Å². The molecule has 2 bridgehead atoms. The van der Waals surface area contributed by atoms with Gasteiger partial charge in [-0.2, -0.15) is 0 Å². The normalized spacial score (nSPS) is 17.0. The maximum absolute atomic E-state index is 11.8. The van der Waals surface area contributed by atoms with Crippen LogP contribution in [-0.2, 0) is 20.8 Å². The van der Waals surface area contributed by atoms with E-state index in [2.05, 4.69) is 5.32 Å². The summed E-state index contributed by atoms with van der Waals surface area (Å²) in [6, 6.07) is 7.56. The van der Waals surface area contributed by atoms with Gasteiger partial charge in [-0.1, -0.05) is 12.1 Å². The molecule has 3 heterocycles. The number of carbonyl (C=O) groups excluding carboxylic acids is 2. The summed E-state index contributed by atoms with van der Waals surface area (Å²) < 4.78 is 15.3. The van der Waals surface area contributed by atoms with Crippen LogP contribution in [0.5, 0.6) is 0 Å². The number of anilines is 1. The number of amides is 2. The number of methoxy groups -OCH3 is 1. The number of likely N-dealkylation sites (tertiary alicyclic amines) is 1. The second-order valence-electron chi connectivity index (χ2n) is 7.76. The molecule has 7 heteroatoms. The number of hydrogen-bond donors (Lipinski definition) is 1. The van der Waals surface area contributed by atoms with Crippen molar-refractivity contribution in [1.82, 2.24) is 4.90 Å². The third kappa shape index (κ3) is 7.46. The van der Waals surface area contributed by atoms with Crippen LogP contribution in [-0.4, -0.2) is 49.5 Å². The summed E-state index contributed by atoms with van der Waals surface area (Å²) in [7, 11) is 1.72. The number of nitrogens with zero attached hydrogens (tertiary/aromatic N) is 1. The average molecular weight is 378 g/mol. The lowest BCUT2D eigenvalue weighted by atomic mass is 9.98. The molecule has 1 aromatic rings. The summed E-state index contributed by atoms with van der Waals surface area (Å²) in [5.41, 5.74) is 1.39. The highest BCUT2D eigenvalue weighted by Gasteiger charge is 2.26. The van der Waals surface area contributed by atoms with E-state index in [4.69, 9.17) is 14.2 Å². The second-order valence-corrected chi connectivity index (χ2v) is 7.76. The van der Waals surface area contributed by atoms with Gasteiger partial charge >= 0.3 is 12.2 Å². The molecular formula is C20H30N2O5. The topological polar surface area (TPSA) is 77.1 Å². The molecule has 1 fully saturated rings. The molecule has 27 heavy (non-hydrogen) atoms. The lowest BCUT2D eigenvalue weighted by Gasteiger charge is -2.33. The molecule has 150 valence electrons. The molecule has 1 aromatic carbocycles. The first-order chi connectivity index (χ1) is 12.8. The van der Waals surface area contributed by atoms with Crippen LogP contribution in [0, 0.1) is 5.92 Å². The Morgan fingerprint density at radius 3 is 2.41 bits per heavy atom. The Morgan fingerprint density at radius 1 is 1.22 bits per heavy atom. The molecule has 3 aliphatic heterocycles. The molecule has 0 saturated carbocycles. The van der Waals surface area contributed by atoms with Gasteiger partial charge < -0.3 is 19.1 Å². The number of carbonyl (C=O) groups is 2. The zero-order valence-electron chi connectivity index (χ0n) is 16.6. The third-order valence-corrected chi connectivity index (χ3v) is 4.24. The summed E-state index contributed by atoms with van der Waals surface area (Å²) in [6.07, 6.45) is 1.44. The molecule has 7 nitrogen and oxygen atoms in total. The van der Waals surface area contributed by atoms with E-state index < -0.39 is 5.60 Å². The van der Waals surface area contributed by atoms with Crippen molar-refractivity contribution in [2.75, 3.05) is 32.1 Å². The van der Waals surface area contributed by atoms with Gasteiger partial charge in [-0.3, -0.25) is 5.32 Å². The minimum Gasteiger partial charge on any atom is -0.444 e. The van der Waals surface area contributed by atoms with Crippen molar-refractivity contribution in [2.45, 2.75) is 45.8 Å². The van der Waals surface area contributed by atoms with Crippen molar-refractivity contribution < 1.29 is 23.8 Å². The molecule has 0 unspecified atom stereocenters. The molecule has 4 rings (SSSR count). The lowest BCUT2D eigenvalue weighted by molar-refractivity contribution is 0.0143. The minimum absolute atomic E-state index is 0.191. The van der Waals surface area contributed by atoms with E-state index in [1.54, 1.807) is 12.0 Å². The number of nitrogens with one attached hydrogen (secondary N) is 1. The van der Waals surface area contributed by atoms with E-state index in [0.29, 0.717) is 12.5 Å². The van der Waals surface area contributed by atoms with Crippen molar-refractivity contribution in [2.24, 2.45) is 5.92 Å². The van der Waals surface area contributed by atoms with Crippen molar-refractivity contribution in [3.05, 3.63) is 29.8 Å². The van der Waals surface area contributed by atoms with Gasteiger partial charge in [-0.05, 0) is 57.2 Å². The van der Waals surface area contributed by atoms with Crippen molar-refractivity contribution in [3.63, 3.8) is 0 Å². The lowest BCUT2D eigenvalue weighted by Crippen LogP contribution is -2.42. The molecule has 0 radical (unpaired) electrons. The van der Waals surface area contributed by atoms with E-state index in [1.807, 2.05) is 45.0 Å². The molecule has 1 N–H and O–H groups in total. The number of rotatable bonds is 2. The highest BCUT2D eigenvalue weighted by molar-refractivity contribution is 5.85. The largest absolute Gasteiger partial charge is 0.444 e. The van der Waals surface area contributed by atoms with Gasteiger partial charge in [0, 0.05) is 32.5 Å². The maximum Gasteiger partial charge on any atom is 0.411 e. The van der Waals surface area contributed by atoms with Gasteiger partial charge in [-0.25, -0.2) is 9.59 Å². The van der Waals surface area contributed by atoms with Crippen LogP contribution in [0.4, 0.5) is 15.3 Å². The van der Waals surface area contributed by atoms with Gasteiger partial charge in [0.2, 0.25) is 0 Å². The predicted octanol–water partition coefficient (Wildman–Crippen LogP) is 4.03. The molecule has 0 aliphatic carbocycles. The third-order valence-electron chi connectivity index (χ3n) is 4.24. The summed E-state index contributed by atoms with van der Waals surface area (Å²) in [4.78, 5) is 24.3. The summed E-state index contributed by atoms with van der Waals surface area (Å²) in [5.74, 6) is 0.587. The Kier molecular flexibility index (Phi) is 7.47. The van der Waals surface area contributed by atoms with E-state index in [1.165, 1.54) is 0 Å². The van der Waals surface area contributed by atoms with Gasteiger partial charge in [0.05, 0.1) is 0 Å². The Labute approximate surface area is 161 Å². The monoisotopic (exact) mass is 378 g/mol. The SMILES string of the molecule is COCC1CCN(C(=O)OC(C)(C)C)CC1.O=C1Nc2ccc(cc2)CO1. The quantitative estimate of drug-likeness (QED) is 0.841. The summed E-state index contributed by atoms with van der Waals surface area (Å²) in [5, 5.41) is 2.58. The maximum atomic E-state index is 11.8. The molecular weight excluding hydrogens is 348 g/mol. The molecule has 3 aliphatic rings. The van der Waals surface area contributed by atoms with E-state index >= 15 is 0 Å². The van der Waals surface area contributed by atoms with Gasteiger partial charge in [-0.15, -0.1) is 0 Å². The standard InChI is InChI=1S/C12H23NO3.C8H7NO2/c1-12(2,3)16-11(14)13-7-5-10(6-8-13)9-15-4;10-8-9-7-3-1-6(2-4-7)5-11-8/h10H,5-9H2,1-4H3;1-4H,5H2,(H,9,10). The zero-order chi connectivity index (χ0) is 19.9. The Bertz CT molecular complexity index is 616. The first-order valence-corrected chi connectivity index (χ1v) is 9.26. The Balaban J connectivity index is 0.000000206. The smallest absolute Gasteiger partial charge is 0.411 e. The minimum atomic E-state index is -0.402. The molecule has 0 spiro atoms. The number of hydrogen-bond acceptors (Lipinski definition) is 5. The van der Waals surface area contributed by atoms with E-state index in [0.717, 1.165) is 43.8 Å². The molecule has 1 saturated heterocycles. The highest BCUT2D eigenvalue weighted by atomic mass is 16.6. The van der Waals surface area contributed by atoms with Crippen LogP contribution in [0.15, 0.2) is 24.3 Å². The number of fused-ring (bicyclic) bond motifs is 5. The summed E-state index contributed by atoms with van der Waals surface area (Å²) in [6.45, 7) is 8.38. The van der Waals surface area contributed by atoms with Crippen LogP contribution in [0.2, 0.25) is 0 Å². The molecule has 0 atom stereocenters. The fraction of sp³-hybridized carbons (Fsp3) is 0.600. The fourth-order valence-corrected chi connectivity index (χ4v) is 2.83. The molecule has 0 aromatic heterocycles. The molecule has 2 amide bonds. The number of benzene rings is 1. The van der Waals surface area contributed by atoms with Gasteiger partial charge in [0.15, 0.2) is 0 Å². The van der Waals surface area contributed by atoms with Crippen LogP contribution >= 0.6 is 0 Å². The number of piperidine rings is 1. The highest BCUT2D eigenvalue weighted by Crippen LogP contribution is 2.19. The van der Waals surface area contributed by atoms with Crippen LogP contribution in [0.25, 0.3) is 0 Å². The summed E-state index contributed by atoms with van der Waals surface area (Å²) >= 11 is 0. The Hall–Kier alpha value is -2.28. The van der Waals surface area contributed by atoms with Crippen LogP contribution in [0.3, 0.4) is 0 Å². The average Bonchev–Trinajstić information content (AvgIpc) is 2.59. The van der Waals surface area contributed by atoms with Crippen LogP contribution in [0.1, 0.15) is 39.2 Å². The first kappa shape index (κ1) is 21.0. The second kappa shape index (κ2) is 9.60. The van der Waals surface area contributed by atoms with Crippen molar-refractivity contribution >= 4 is 17.9 Å². The van der Waals surface area contributed by atoms with Crippen molar-refractivity contribution in [3.8, 4) is 0 Å². The number of ether oxygens (including phenoxy) is 3. The zero-order valence-corrected chi connectivity index (χ0v) is 16.6.